The third-order valence-corrected chi connectivity index (χ3v) is 6.14. The van der Waals surface area contributed by atoms with Crippen molar-refractivity contribution < 1.29 is 26.4 Å². The summed E-state index contributed by atoms with van der Waals surface area (Å²) < 4.78 is 62.0. The van der Waals surface area contributed by atoms with E-state index in [1.165, 1.54) is 22.9 Å². The van der Waals surface area contributed by atoms with Crippen molar-refractivity contribution >= 4 is 33.0 Å². The Morgan fingerprint density at radius 2 is 1.65 bits per heavy atom. The van der Waals surface area contributed by atoms with E-state index in [1.54, 1.807) is 24.3 Å². The molecule has 0 aliphatic carbocycles. The first-order valence-corrected chi connectivity index (χ1v) is 10.5. The van der Waals surface area contributed by atoms with Crippen LogP contribution in [0.3, 0.4) is 0 Å². The summed E-state index contributed by atoms with van der Waals surface area (Å²) >= 11 is 6.11. The van der Waals surface area contributed by atoms with Gasteiger partial charge in [-0.25, -0.2) is 8.42 Å². The summed E-state index contributed by atoms with van der Waals surface area (Å²) in [5.41, 5.74) is -4.89. The molecule has 1 amide bonds. The van der Waals surface area contributed by atoms with Crippen LogP contribution in [0.15, 0.2) is 76.6 Å². The minimum absolute atomic E-state index is 0.0648. The van der Waals surface area contributed by atoms with E-state index in [0.717, 1.165) is 12.1 Å². The van der Waals surface area contributed by atoms with E-state index in [0.29, 0.717) is 22.7 Å². The first-order valence-electron chi connectivity index (χ1n) is 8.66. The van der Waals surface area contributed by atoms with Crippen LogP contribution in [0.5, 0.6) is 0 Å². The zero-order valence-electron chi connectivity index (χ0n) is 15.6. The van der Waals surface area contributed by atoms with Crippen LogP contribution in [0.25, 0.3) is 0 Å². The number of pyridine rings is 1. The van der Waals surface area contributed by atoms with E-state index in [9.17, 15) is 31.2 Å². The van der Waals surface area contributed by atoms with Crippen LogP contribution < -0.4 is 10.9 Å². The van der Waals surface area contributed by atoms with Gasteiger partial charge in [0.25, 0.3) is 21.3 Å². The minimum Gasteiger partial charge on any atom is -0.321 e. The zero-order chi connectivity index (χ0) is 22.8. The van der Waals surface area contributed by atoms with Gasteiger partial charge in [-0.2, -0.15) is 13.2 Å². The number of hydrogen-bond acceptors (Lipinski definition) is 4. The van der Waals surface area contributed by atoms with Crippen molar-refractivity contribution in [3.8, 4) is 0 Å². The van der Waals surface area contributed by atoms with E-state index in [4.69, 9.17) is 11.6 Å². The van der Waals surface area contributed by atoms with E-state index in [2.05, 4.69) is 5.32 Å². The number of rotatable bonds is 5. The number of nitrogens with zero attached hydrogens (tertiary/aromatic N) is 1. The van der Waals surface area contributed by atoms with Crippen LogP contribution in [0.2, 0.25) is 5.02 Å². The second-order valence-electron chi connectivity index (χ2n) is 6.40. The number of carbonyl (C=O) groups excluding carboxylic acids is 1. The number of carbonyl (C=O) groups is 1. The lowest BCUT2D eigenvalue weighted by Crippen LogP contribution is -2.23. The monoisotopic (exact) mass is 470 g/mol. The van der Waals surface area contributed by atoms with Crippen LogP contribution in [0, 0.1) is 0 Å². The van der Waals surface area contributed by atoms with Crippen LogP contribution in [0.4, 0.5) is 18.9 Å². The molecule has 0 fully saturated rings. The van der Waals surface area contributed by atoms with Crippen molar-refractivity contribution in [2.45, 2.75) is 16.9 Å². The average molecular weight is 471 g/mol. The summed E-state index contributed by atoms with van der Waals surface area (Å²) in [6, 6.07) is 12.9. The molecule has 0 saturated carbocycles. The van der Waals surface area contributed by atoms with Gasteiger partial charge in [-0.3, -0.25) is 9.59 Å². The van der Waals surface area contributed by atoms with Crippen LogP contribution >= 0.6 is 11.6 Å². The summed E-state index contributed by atoms with van der Waals surface area (Å²) in [7, 11) is -5.50. The Hall–Kier alpha value is -3.11. The van der Waals surface area contributed by atoms with Crippen molar-refractivity contribution in [2.24, 2.45) is 0 Å². The van der Waals surface area contributed by atoms with Gasteiger partial charge in [-0.05, 0) is 42.0 Å². The molecule has 3 aromatic rings. The maximum atomic E-state index is 12.6. The van der Waals surface area contributed by atoms with Crippen LogP contribution in [-0.4, -0.2) is 24.4 Å². The van der Waals surface area contributed by atoms with Gasteiger partial charge >= 0.3 is 5.51 Å². The van der Waals surface area contributed by atoms with Crippen LogP contribution in [0.1, 0.15) is 15.9 Å². The molecule has 1 aromatic heterocycles. The standard InChI is InChI=1S/C20H14ClF3N2O4S/c21-17-4-2-1-3-14(17)11-26-12-15(7-10-18(26)27)25-19(28)13-5-8-16(9-6-13)31(29,30)20(22,23)24/h1-10,12H,11H2,(H,25,28). The lowest BCUT2D eigenvalue weighted by molar-refractivity contribution is -0.0436. The number of halogens is 4. The average Bonchev–Trinajstić information content (AvgIpc) is 2.71. The first kappa shape index (κ1) is 22.6. The van der Waals surface area contributed by atoms with Crippen molar-refractivity contribution in [1.29, 1.82) is 0 Å². The third kappa shape index (κ3) is 4.97. The van der Waals surface area contributed by atoms with Gasteiger partial charge in [0.05, 0.1) is 17.1 Å². The van der Waals surface area contributed by atoms with Crippen molar-refractivity contribution in [3.05, 3.63) is 93.4 Å². The van der Waals surface area contributed by atoms with Crippen LogP contribution in [-0.2, 0) is 16.4 Å². The molecular formula is C20H14ClF3N2O4S. The Labute approximate surface area is 179 Å². The van der Waals surface area contributed by atoms with E-state index in [-0.39, 0.29) is 23.4 Å². The van der Waals surface area contributed by atoms with Gasteiger partial charge < -0.3 is 9.88 Å². The second kappa shape index (κ2) is 8.56. The van der Waals surface area contributed by atoms with Crippen molar-refractivity contribution in [1.82, 2.24) is 4.57 Å². The third-order valence-electron chi connectivity index (χ3n) is 4.27. The molecule has 2 aromatic carbocycles. The van der Waals surface area contributed by atoms with E-state index in [1.807, 2.05) is 0 Å². The highest BCUT2D eigenvalue weighted by Crippen LogP contribution is 2.30. The fourth-order valence-electron chi connectivity index (χ4n) is 2.66. The molecule has 0 bridgehead atoms. The number of amides is 1. The molecular weight excluding hydrogens is 457 g/mol. The second-order valence-corrected chi connectivity index (χ2v) is 8.75. The molecule has 0 atom stereocenters. The fraction of sp³-hybridized carbons (Fsp3) is 0.100. The predicted molar refractivity (Wildman–Crippen MR) is 109 cm³/mol. The zero-order valence-corrected chi connectivity index (χ0v) is 17.1. The number of nitrogens with one attached hydrogen (secondary N) is 1. The van der Waals surface area contributed by atoms with E-state index >= 15 is 0 Å². The Bertz CT molecular complexity index is 1290. The fourth-order valence-corrected chi connectivity index (χ4v) is 3.62. The van der Waals surface area contributed by atoms with Gasteiger partial charge in [-0.1, -0.05) is 29.8 Å². The van der Waals surface area contributed by atoms with Gasteiger partial charge in [0.15, 0.2) is 0 Å². The highest BCUT2D eigenvalue weighted by atomic mass is 35.5. The SMILES string of the molecule is O=C(Nc1ccc(=O)n(Cc2ccccc2Cl)c1)c1ccc(S(=O)(=O)C(F)(F)F)cc1. The van der Waals surface area contributed by atoms with Crippen molar-refractivity contribution in [2.75, 3.05) is 5.32 Å². The van der Waals surface area contributed by atoms with Crippen molar-refractivity contribution in [3.63, 3.8) is 0 Å². The topological polar surface area (TPSA) is 85.2 Å². The highest BCUT2D eigenvalue weighted by molar-refractivity contribution is 7.92. The molecule has 0 aliphatic rings. The first-order chi connectivity index (χ1) is 14.5. The Morgan fingerprint density at radius 1 is 1.00 bits per heavy atom. The normalized spacial score (nSPS) is 11.9. The molecule has 31 heavy (non-hydrogen) atoms. The molecule has 162 valence electrons. The maximum absolute atomic E-state index is 12.6. The number of hydrogen-bond donors (Lipinski definition) is 1. The molecule has 0 saturated heterocycles. The number of alkyl halides is 3. The van der Waals surface area contributed by atoms with Gasteiger partial charge in [0.1, 0.15) is 0 Å². The number of anilines is 1. The van der Waals surface area contributed by atoms with Gasteiger partial charge in [0, 0.05) is 22.8 Å². The predicted octanol–water partition coefficient (Wildman–Crippen LogP) is 4.10. The summed E-state index contributed by atoms with van der Waals surface area (Å²) in [5, 5.41) is 2.98. The number of benzene rings is 2. The molecule has 0 radical (unpaired) electrons. The molecule has 1 heterocycles. The molecule has 6 nitrogen and oxygen atoms in total. The quantitative estimate of drug-likeness (QED) is 0.608. The summed E-state index contributed by atoms with van der Waals surface area (Å²) in [5.74, 6) is -0.695. The summed E-state index contributed by atoms with van der Waals surface area (Å²) in [6.45, 7) is 0.159. The maximum Gasteiger partial charge on any atom is 0.501 e. The molecule has 0 spiro atoms. The van der Waals surface area contributed by atoms with Gasteiger partial charge in [-0.15, -0.1) is 0 Å². The number of sulfone groups is 1. The Balaban J connectivity index is 1.79. The molecule has 3 rings (SSSR count). The summed E-state index contributed by atoms with van der Waals surface area (Å²) in [6.07, 6.45) is 1.39. The molecule has 11 heteroatoms. The molecule has 1 N–H and O–H groups in total. The molecule has 0 unspecified atom stereocenters. The van der Waals surface area contributed by atoms with Gasteiger partial charge in [0.2, 0.25) is 0 Å². The largest absolute Gasteiger partial charge is 0.501 e. The minimum atomic E-state index is -5.50. The smallest absolute Gasteiger partial charge is 0.321 e. The Morgan fingerprint density at radius 3 is 2.26 bits per heavy atom. The Kier molecular flexibility index (Phi) is 6.23. The van der Waals surface area contributed by atoms with E-state index < -0.39 is 26.1 Å². The lowest BCUT2D eigenvalue weighted by Gasteiger charge is -2.11. The lowest BCUT2D eigenvalue weighted by atomic mass is 10.2. The number of aromatic nitrogens is 1. The highest BCUT2D eigenvalue weighted by Gasteiger charge is 2.46. The molecule has 0 aliphatic heterocycles. The summed E-state index contributed by atoms with van der Waals surface area (Å²) in [4.78, 5) is 23.5.